The SMILES string of the molecule is COc1ccc(N2CCN(C[C@@H](O)COC[C@H]3COc4ccccc4O3)CC2)cc1. The average Bonchev–Trinajstić information content (AvgIpc) is 2.79. The lowest BCUT2D eigenvalue weighted by Gasteiger charge is -2.37. The highest BCUT2D eigenvalue weighted by Crippen LogP contribution is 2.30. The lowest BCUT2D eigenvalue weighted by Crippen LogP contribution is -2.49. The molecule has 0 unspecified atom stereocenters. The normalized spacial score (nSPS) is 20.1. The number of nitrogens with zero attached hydrogens (tertiary/aromatic N) is 2. The van der Waals surface area contributed by atoms with Crippen LogP contribution < -0.4 is 19.1 Å². The molecule has 2 atom stereocenters. The maximum absolute atomic E-state index is 10.4. The fraction of sp³-hybridized carbons (Fsp3) is 0.478. The van der Waals surface area contributed by atoms with Gasteiger partial charge in [-0.3, -0.25) is 4.90 Å². The highest BCUT2D eigenvalue weighted by Gasteiger charge is 2.22. The van der Waals surface area contributed by atoms with Crippen LogP contribution in [0.5, 0.6) is 17.2 Å². The van der Waals surface area contributed by atoms with Crippen molar-refractivity contribution < 1.29 is 24.1 Å². The maximum Gasteiger partial charge on any atom is 0.161 e. The molecule has 0 bridgehead atoms. The number of hydrogen-bond donors (Lipinski definition) is 1. The van der Waals surface area contributed by atoms with Crippen LogP contribution in [0, 0.1) is 0 Å². The molecular formula is C23H30N2O5. The highest BCUT2D eigenvalue weighted by atomic mass is 16.6. The molecule has 162 valence electrons. The summed E-state index contributed by atoms with van der Waals surface area (Å²) >= 11 is 0. The Hall–Kier alpha value is -2.48. The van der Waals surface area contributed by atoms with E-state index in [4.69, 9.17) is 18.9 Å². The molecule has 0 amide bonds. The third-order valence-corrected chi connectivity index (χ3v) is 5.46. The van der Waals surface area contributed by atoms with Crippen molar-refractivity contribution in [3.05, 3.63) is 48.5 Å². The van der Waals surface area contributed by atoms with Gasteiger partial charge >= 0.3 is 0 Å². The third-order valence-electron chi connectivity index (χ3n) is 5.46. The van der Waals surface area contributed by atoms with Crippen molar-refractivity contribution in [1.82, 2.24) is 4.90 Å². The van der Waals surface area contributed by atoms with Gasteiger partial charge in [0.1, 0.15) is 12.4 Å². The number of ether oxygens (including phenoxy) is 4. The van der Waals surface area contributed by atoms with Crippen LogP contribution in [0.4, 0.5) is 5.69 Å². The summed E-state index contributed by atoms with van der Waals surface area (Å²) in [5, 5.41) is 10.4. The number of rotatable bonds is 8. The Labute approximate surface area is 177 Å². The van der Waals surface area contributed by atoms with E-state index >= 15 is 0 Å². The van der Waals surface area contributed by atoms with E-state index in [0.29, 0.717) is 26.4 Å². The lowest BCUT2D eigenvalue weighted by molar-refractivity contribution is -0.0292. The zero-order valence-electron chi connectivity index (χ0n) is 17.4. The molecule has 2 heterocycles. The van der Waals surface area contributed by atoms with Gasteiger partial charge in [-0.2, -0.15) is 0 Å². The number of methoxy groups -OCH3 is 1. The predicted octanol–water partition coefficient (Wildman–Crippen LogP) is 2.03. The molecule has 2 aromatic rings. The molecule has 4 rings (SSSR count). The van der Waals surface area contributed by atoms with Crippen molar-refractivity contribution in [3.63, 3.8) is 0 Å². The summed E-state index contributed by atoms with van der Waals surface area (Å²) < 4.78 is 22.5. The molecule has 0 saturated carbocycles. The van der Waals surface area contributed by atoms with Gasteiger partial charge in [0, 0.05) is 38.4 Å². The van der Waals surface area contributed by atoms with Crippen molar-refractivity contribution >= 4 is 5.69 Å². The van der Waals surface area contributed by atoms with E-state index in [1.807, 2.05) is 36.4 Å². The van der Waals surface area contributed by atoms with Crippen LogP contribution in [0.15, 0.2) is 48.5 Å². The molecule has 7 heteroatoms. The number of aliphatic hydroxyl groups excluding tert-OH is 1. The second kappa shape index (κ2) is 10.0. The first-order chi connectivity index (χ1) is 14.7. The van der Waals surface area contributed by atoms with Crippen LogP contribution in [0.3, 0.4) is 0 Å². The van der Waals surface area contributed by atoms with Crippen molar-refractivity contribution in [3.8, 4) is 17.2 Å². The number of hydrogen-bond acceptors (Lipinski definition) is 7. The number of benzene rings is 2. The second-order valence-corrected chi connectivity index (χ2v) is 7.67. The van der Waals surface area contributed by atoms with E-state index in [2.05, 4.69) is 21.9 Å². The van der Waals surface area contributed by atoms with Gasteiger partial charge in [0.15, 0.2) is 17.6 Å². The highest BCUT2D eigenvalue weighted by molar-refractivity contribution is 5.49. The van der Waals surface area contributed by atoms with E-state index in [9.17, 15) is 5.11 Å². The molecule has 1 fully saturated rings. The van der Waals surface area contributed by atoms with Gasteiger partial charge in [0.25, 0.3) is 0 Å². The molecule has 0 radical (unpaired) electrons. The zero-order chi connectivity index (χ0) is 20.8. The van der Waals surface area contributed by atoms with Gasteiger partial charge in [-0.25, -0.2) is 0 Å². The molecule has 2 aliphatic rings. The molecule has 30 heavy (non-hydrogen) atoms. The van der Waals surface area contributed by atoms with Crippen molar-refractivity contribution in [2.75, 3.05) is 64.6 Å². The fourth-order valence-corrected chi connectivity index (χ4v) is 3.81. The smallest absolute Gasteiger partial charge is 0.161 e. The van der Waals surface area contributed by atoms with Gasteiger partial charge < -0.3 is 29.0 Å². The maximum atomic E-state index is 10.4. The number of piperazine rings is 1. The molecule has 0 aliphatic carbocycles. The molecule has 0 aromatic heterocycles. The third kappa shape index (κ3) is 5.36. The number of para-hydroxylation sites is 2. The van der Waals surface area contributed by atoms with Crippen LogP contribution in [0.2, 0.25) is 0 Å². The van der Waals surface area contributed by atoms with E-state index < -0.39 is 6.10 Å². The van der Waals surface area contributed by atoms with Gasteiger partial charge in [0.05, 0.1) is 26.4 Å². The lowest BCUT2D eigenvalue weighted by atomic mass is 10.2. The van der Waals surface area contributed by atoms with Crippen LogP contribution >= 0.6 is 0 Å². The molecule has 1 N–H and O–H groups in total. The Balaban J connectivity index is 1.14. The fourth-order valence-electron chi connectivity index (χ4n) is 3.81. The Morgan fingerprint density at radius 3 is 2.50 bits per heavy atom. The standard InChI is InChI=1S/C23H30N2O5/c1-27-20-8-6-18(7-9-20)25-12-10-24(11-13-25)14-19(26)15-28-16-21-17-29-22-4-2-3-5-23(22)30-21/h2-9,19,21,26H,10-17H2,1H3/t19-,21+/m1/s1. The average molecular weight is 415 g/mol. The van der Waals surface area contributed by atoms with Crippen molar-refractivity contribution in [2.24, 2.45) is 0 Å². The van der Waals surface area contributed by atoms with Crippen molar-refractivity contribution in [1.29, 1.82) is 0 Å². The van der Waals surface area contributed by atoms with E-state index in [0.717, 1.165) is 43.4 Å². The van der Waals surface area contributed by atoms with Crippen LogP contribution in [0.1, 0.15) is 0 Å². The largest absolute Gasteiger partial charge is 0.497 e. The summed E-state index contributed by atoms with van der Waals surface area (Å²) in [6, 6.07) is 15.8. The van der Waals surface area contributed by atoms with Gasteiger partial charge in [-0.05, 0) is 36.4 Å². The van der Waals surface area contributed by atoms with Gasteiger partial charge in [-0.1, -0.05) is 12.1 Å². The van der Waals surface area contributed by atoms with Crippen LogP contribution in [0.25, 0.3) is 0 Å². The van der Waals surface area contributed by atoms with E-state index in [-0.39, 0.29) is 6.10 Å². The Morgan fingerprint density at radius 2 is 1.77 bits per heavy atom. The molecule has 7 nitrogen and oxygen atoms in total. The second-order valence-electron chi connectivity index (χ2n) is 7.67. The predicted molar refractivity (Wildman–Crippen MR) is 115 cm³/mol. The van der Waals surface area contributed by atoms with E-state index in [1.165, 1.54) is 5.69 Å². The Morgan fingerprint density at radius 1 is 1.03 bits per heavy atom. The Bertz CT molecular complexity index is 792. The van der Waals surface area contributed by atoms with Crippen LogP contribution in [-0.2, 0) is 4.74 Å². The Kier molecular flexibility index (Phi) is 6.94. The summed E-state index contributed by atoms with van der Waals surface area (Å²) in [5.41, 5.74) is 1.20. The number of β-amino-alcohol motifs (C(OH)–C–C–N with tert-alkyl or cyclic N) is 1. The first-order valence-corrected chi connectivity index (χ1v) is 10.5. The summed E-state index contributed by atoms with van der Waals surface area (Å²) in [7, 11) is 1.68. The number of fused-ring (bicyclic) bond motifs is 1. The van der Waals surface area contributed by atoms with E-state index in [1.54, 1.807) is 7.11 Å². The molecule has 1 saturated heterocycles. The summed E-state index contributed by atoms with van der Waals surface area (Å²) in [6.07, 6.45) is -0.672. The minimum Gasteiger partial charge on any atom is -0.497 e. The van der Waals surface area contributed by atoms with Gasteiger partial charge in [0.2, 0.25) is 0 Å². The van der Waals surface area contributed by atoms with Gasteiger partial charge in [-0.15, -0.1) is 0 Å². The first-order valence-electron chi connectivity index (χ1n) is 10.5. The molecule has 0 spiro atoms. The quantitative estimate of drug-likeness (QED) is 0.709. The van der Waals surface area contributed by atoms with Crippen LogP contribution in [-0.4, -0.2) is 81.9 Å². The summed E-state index contributed by atoms with van der Waals surface area (Å²) in [6.45, 7) is 5.47. The molecule has 2 aromatic carbocycles. The molecule has 2 aliphatic heterocycles. The summed E-state index contributed by atoms with van der Waals surface area (Å²) in [5.74, 6) is 2.38. The van der Waals surface area contributed by atoms with Crippen molar-refractivity contribution in [2.45, 2.75) is 12.2 Å². The topological polar surface area (TPSA) is 63.6 Å². The number of anilines is 1. The number of aliphatic hydroxyl groups is 1. The first kappa shape index (κ1) is 20.8. The minimum atomic E-state index is -0.519. The monoisotopic (exact) mass is 414 g/mol. The summed E-state index contributed by atoms with van der Waals surface area (Å²) in [4.78, 5) is 4.64. The minimum absolute atomic E-state index is 0.153. The zero-order valence-corrected chi connectivity index (χ0v) is 17.4. The molecular weight excluding hydrogens is 384 g/mol.